The number of carboxylic acid groups (broad SMARTS) is 1. The van der Waals surface area contributed by atoms with E-state index < -0.39 is 142 Å². The molecule has 26 nitrogen and oxygen atoms in total. The molecule has 0 aliphatic carbocycles. The third kappa shape index (κ3) is 10.3. The van der Waals surface area contributed by atoms with Crippen molar-refractivity contribution in [3.05, 3.63) is 0 Å². The molecule has 1 unspecified atom stereocenters. The number of ether oxygens (including phenoxy) is 5. The molecule has 3 aliphatic heterocycles. The normalized spacial score (nSPS) is 42.2. The fourth-order valence-electron chi connectivity index (χ4n) is 4.75. The number of aliphatic carboxylic acids is 1. The Morgan fingerprint density at radius 1 is 0.745 bits per heavy atom. The van der Waals surface area contributed by atoms with Crippen LogP contribution in [-0.4, -0.2) is 186 Å². The zero-order chi connectivity index (χ0) is 35.8. The van der Waals surface area contributed by atoms with E-state index in [0.29, 0.717) is 0 Å². The average molecular weight is 757 g/mol. The third-order valence-corrected chi connectivity index (χ3v) is 8.34. The molecule has 0 spiro atoms. The number of aliphatic hydroxyl groups is 6. The van der Waals surface area contributed by atoms with E-state index in [1.807, 2.05) is 0 Å². The lowest BCUT2D eigenvalue weighted by Crippen LogP contribution is -2.69. The molecule has 13 N–H and O–H groups in total. The van der Waals surface area contributed by atoms with Crippen molar-refractivity contribution < 1.29 is 112 Å². The molecule has 276 valence electrons. The minimum Gasteiger partial charge on any atom is -0.479 e. The van der Waals surface area contributed by atoms with Gasteiger partial charge < -0.3 is 65.2 Å². The summed E-state index contributed by atoms with van der Waals surface area (Å²) in [6.07, 6.45) is -29.0. The van der Waals surface area contributed by atoms with Crippen LogP contribution in [0.1, 0.15) is 0 Å². The lowest BCUT2D eigenvalue weighted by Gasteiger charge is -2.48. The molecular formula is C18H32N2O24S3. The second-order valence-electron chi connectivity index (χ2n) is 10.1. The molecule has 3 aliphatic rings. The maximum Gasteiger partial charge on any atom is 0.397 e. The molecule has 0 aromatic carbocycles. The Bertz CT molecular complexity index is 1410. The lowest BCUT2D eigenvalue weighted by atomic mass is 9.95. The van der Waals surface area contributed by atoms with Crippen molar-refractivity contribution in [3.63, 3.8) is 0 Å². The molecule has 0 amide bonds. The second kappa shape index (κ2) is 15.2. The number of carbonyl (C=O) groups is 1. The van der Waals surface area contributed by atoms with Crippen LogP contribution in [0.2, 0.25) is 0 Å². The Balaban J connectivity index is 1.94. The van der Waals surface area contributed by atoms with Crippen LogP contribution in [0.25, 0.3) is 0 Å². The summed E-state index contributed by atoms with van der Waals surface area (Å²) in [5.74, 6) is -2.01. The molecule has 3 heterocycles. The summed E-state index contributed by atoms with van der Waals surface area (Å²) in [5, 5.41) is 71.8. The van der Waals surface area contributed by atoms with Crippen LogP contribution in [-0.2, 0) is 67.9 Å². The molecule has 3 rings (SSSR count). The largest absolute Gasteiger partial charge is 0.479 e. The van der Waals surface area contributed by atoms with Crippen molar-refractivity contribution in [2.45, 2.75) is 92.0 Å². The van der Waals surface area contributed by atoms with Gasteiger partial charge in [0.15, 0.2) is 31.1 Å². The standard InChI is InChI=1S/C18H32N2O24S3/c19-5-8(23)7(22)4(2-38-46(32,33)34)40-17(5)42-12-10(25)13(44-47(35,36)37)18(43-14(12)15(26)27)41-11-3(1-21)39-16(28)6(9(11)24)20-45(29,30)31/h3-14,16-18,20-25,28H,1-2,19H2,(H,26,27)(H,29,30,31)(H,32,33,34)(H,35,36,37)/t3-,4-,5-,6-,7-,8-,9-,10+,11-,12+,13-,14-,16?,17-,18-/m1/s1. The van der Waals surface area contributed by atoms with Crippen LogP contribution in [0.4, 0.5) is 0 Å². The van der Waals surface area contributed by atoms with Gasteiger partial charge in [0.2, 0.25) is 0 Å². The minimum atomic E-state index is -5.61. The Labute approximate surface area is 264 Å². The molecule has 3 fully saturated rings. The average Bonchev–Trinajstić information content (AvgIpc) is 2.93. The summed E-state index contributed by atoms with van der Waals surface area (Å²) in [5.41, 5.74) is 5.76. The van der Waals surface area contributed by atoms with Crippen LogP contribution < -0.4 is 10.5 Å². The predicted molar refractivity (Wildman–Crippen MR) is 137 cm³/mol. The Morgan fingerprint density at radius 3 is 1.85 bits per heavy atom. The Hall–Kier alpha value is -1.40. The van der Waals surface area contributed by atoms with Crippen molar-refractivity contribution in [3.8, 4) is 0 Å². The van der Waals surface area contributed by atoms with Crippen LogP contribution in [0.3, 0.4) is 0 Å². The molecule has 0 aromatic rings. The fourth-order valence-corrected chi connectivity index (χ4v) is 6.15. The Kier molecular flexibility index (Phi) is 13.0. The maximum atomic E-state index is 12.2. The van der Waals surface area contributed by atoms with Crippen LogP contribution in [0.15, 0.2) is 0 Å². The topological polar surface area (TPSA) is 424 Å². The highest BCUT2D eigenvalue weighted by atomic mass is 32.3. The summed E-state index contributed by atoms with van der Waals surface area (Å²) in [6.45, 7) is -2.29. The molecule has 0 aromatic heterocycles. The number of rotatable bonds is 13. The van der Waals surface area contributed by atoms with Gasteiger partial charge in [-0.05, 0) is 0 Å². The number of aliphatic hydroxyl groups excluding tert-OH is 6. The van der Waals surface area contributed by atoms with E-state index in [-0.39, 0.29) is 0 Å². The first-order chi connectivity index (χ1) is 21.4. The van der Waals surface area contributed by atoms with Crippen LogP contribution >= 0.6 is 0 Å². The van der Waals surface area contributed by atoms with Crippen molar-refractivity contribution in [1.82, 2.24) is 4.72 Å². The zero-order valence-corrected chi connectivity index (χ0v) is 25.5. The van der Waals surface area contributed by atoms with E-state index in [1.165, 1.54) is 4.72 Å². The highest BCUT2D eigenvalue weighted by Crippen LogP contribution is 2.34. The minimum absolute atomic E-state index is 1.13. The van der Waals surface area contributed by atoms with Gasteiger partial charge in [0.05, 0.1) is 19.3 Å². The van der Waals surface area contributed by atoms with Gasteiger partial charge in [-0.25, -0.2) is 13.2 Å². The van der Waals surface area contributed by atoms with E-state index in [2.05, 4.69) is 8.37 Å². The van der Waals surface area contributed by atoms with Gasteiger partial charge in [-0.15, -0.1) is 0 Å². The first kappa shape index (κ1) is 40.0. The predicted octanol–water partition coefficient (Wildman–Crippen LogP) is -8.46. The van der Waals surface area contributed by atoms with E-state index in [4.69, 9.17) is 38.5 Å². The molecular weight excluding hydrogens is 724 g/mol. The molecule has 0 radical (unpaired) electrons. The number of nitrogens with two attached hydrogens (primary N) is 1. The van der Waals surface area contributed by atoms with Crippen molar-refractivity contribution in [1.29, 1.82) is 0 Å². The number of carboxylic acids is 1. The molecule has 15 atom stereocenters. The highest BCUT2D eigenvalue weighted by molar-refractivity contribution is 7.83. The SMILES string of the molecule is N[C@H]1[C@@H](O[C@H]2[C@H](O)[C@@H](OS(=O)(=O)O)[C@H](O[C@H]3[C@H](O)[C@@H](NS(=O)(=O)O)C(O)O[C@@H]3CO)O[C@H]2C(=O)O)O[C@H](COS(=O)(=O)O)[C@@H](O)[C@@H]1O. The molecule has 29 heteroatoms. The maximum absolute atomic E-state index is 12.2. The van der Waals surface area contributed by atoms with Gasteiger partial charge in [-0.2, -0.15) is 30.0 Å². The first-order valence-electron chi connectivity index (χ1n) is 12.7. The Morgan fingerprint density at radius 2 is 1.34 bits per heavy atom. The van der Waals surface area contributed by atoms with Gasteiger partial charge in [0.1, 0.15) is 54.9 Å². The number of hydrogen-bond donors (Lipinski definition) is 12. The second-order valence-corrected chi connectivity index (χ2v) is 13.4. The molecule has 47 heavy (non-hydrogen) atoms. The molecule has 0 bridgehead atoms. The number of hydrogen-bond acceptors (Lipinski definition) is 21. The summed E-state index contributed by atoms with van der Waals surface area (Å²) >= 11 is 0. The summed E-state index contributed by atoms with van der Waals surface area (Å²) in [6, 6.07) is -3.97. The third-order valence-electron chi connectivity index (χ3n) is 6.87. The van der Waals surface area contributed by atoms with Gasteiger partial charge >= 0.3 is 37.1 Å². The van der Waals surface area contributed by atoms with Gasteiger partial charge in [-0.1, -0.05) is 0 Å². The summed E-state index contributed by atoms with van der Waals surface area (Å²) in [7, 11) is -15.9. The van der Waals surface area contributed by atoms with Gasteiger partial charge in [0, 0.05) is 0 Å². The van der Waals surface area contributed by atoms with Gasteiger partial charge in [-0.3, -0.25) is 13.7 Å². The fraction of sp³-hybridized carbons (Fsp3) is 0.944. The van der Waals surface area contributed by atoms with Gasteiger partial charge in [0.25, 0.3) is 0 Å². The quantitative estimate of drug-likeness (QED) is 0.0776. The van der Waals surface area contributed by atoms with E-state index in [0.717, 1.165) is 0 Å². The lowest BCUT2D eigenvalue weighted by molar-refractivity contribution is -0.357. The van der Waals surface area contributed by atoms with E-state index >= 15 is 0 Å². The zero-order valence-electron chi connectivity index (χ0n) is 23.1. The highest BCUT2D eigenvalue weighted by Gasteiger charge is 2.57. The smallest absolute Gasteiger partial charge is 0.397 e. The number of nitrogens with one attached hydrogen (secondary N) is 1. The summed E-state index contributed by atoms with van der Waals surface area (Å²) < 4.78 is 131. The first-order valence-corrected chi connectivity index (χ1v) is 16.9. The van der Waals surface area contributed by atoms with Crippen molar-refractivity contribution in [2.24, 2.45) is 5.73 Å². The summed E-state index contributed by atoms with van der Waals surface area (Å²) in [4.78, 5) is 12.2. The van der Waals surface area contributed by atoms with Crippen LogP contribution in [0.5, 0.6) is 0 Å². The van der Waals surface area contributed by atoms with Crippen molar-refractivity contribution in [2.75, 3.05) is 13.2 Å². The molecule has 0 saturated carbocycles. The monoisotopic (exact) mass is 756 g/mol. The van der Waals surface area contributed by atoms with Crippen molar-refractivity contribution >= 4 is 37.1 Å². The van der Waals surface area contributed by atoms with E-state index in [1.54, 1.807) is 0 Å². The van der Waals surface area contributed by atoms with E-state index in [9.17, 15) is 70.3 Å². The molecule has 3 saturated heterocycles. The van der Waals surface area contributed by atoms with Crippen LogP contribution in [0, 0.1) is 0 Å².